The summed E-state index contributed by atoms with van der Waals surface area (Å²) in [5.74, 6) is 0. The van der Waals surface area contributed by atoms with Crippen LogP contribution in [0.4, 0.5) is 5.69 Å². The van der Waals surface area contributed by atoms with Crippen LogP contribution >= 0.6 is 11.3 Å². The largest absolute Gasteiger partial charge is 0.388 e. The molecule has 0 bridgehead atoms. The van der Waals surface area contributed by atoms with Crippen LogP contribution in [0.1, 0.15) is 15.3 Å². The van der Waals surface area contributed by atoms with Gasteiger partial charge in [0.15, 0.2) is 0 Å². The van der Waals surface area contributed by atoms with Gasteiger partial charge in [0.2, 0.25) is 0 Å². The molecule has 0 fully saturated rings. The van der Waals surface area contributed by atoms with Crippen LogP contribution in [0.25, 0.3) is 0 Å². The van der Waals surface area contributed by atoms with Gasteiger partial charge in [-0.25, -0.2) is 0 Å². The predicted molar refractivity (Wildman–Crippen MR) is 67.9 cm³/mol. The molecule has 0 amide bonds. The van der Waals surface area contributed by atoms with Crippen molar-refractivity contribution >= 4 is 17.0 Å². The monoisotopic (exact) mass is 217 g/mol. The highest BCUT2D eigenvalue weighted by molar-refractivity contribution is 7.11. The standard InChI is InChI=1S/C13H15NS/c1-10-7-8-12(15-10)9-11-5-3-4-6-13(11)14-2/h3-8,14H,9H2,1-2H3. The first-order chi connectivity index (χ1) is 7.29. The van der Waals surface area contributed by atoms with E-state index in [0.717, 1.165) is 6.42 Å². The van der Waals surface area contributed by atoms with Crippen molar-refractivity contribution in [1.82, 2.24) is 0 Å². The second-order valence-corrected chi connectivity index (χ2v) is 4.97. The summed E-state index contributed by atoms with van der Waals surface area (Å²) in [6, 6.07) is 12.9. The first-order valence-electron chi connectivity index (χ1n) is 5.10. The number of aryl methyl sites for hydroxylation is 1. The number of thiophene rings is 1. The summed E-state index contributed by atoms with van der Waals surface area (Å²) in [5.41, 5.74) is 2.59. The smallest absolute Gasteiger partial charge is 0.0373 e. The third kappa shape index (κ3) is 2.39. The number of benzene rings is 1. The van der Waals surface area contributed by atoms with Crippen molar-refractivity contribution in [3.63, 3.8) is 0 Å². The molecule has 0 atom stereocenters. The van der Waals surface area contributed by atoms with E-state index in [-0.39, 0.29) is 0 Å². The lowest BCUT2D eigenvalue weighted by molar-refractivity contribution is 1.23. The van der Waals surface area contributed by atoms with Crippen LogP contribution < -0.4 is 5.32 Å². The maximum Gasteiger partial charge on any atom is 0.0373 e. The summed E-state index contributed by atoms with van der Waals surface area (Å²) in [4.78, 5) is 2.81. The van der Waals surface area contributed by atoms with E-state index < -0.39 is 0 Å². The maximum atomic E-state index is 3.23. The molecular weight excluding hydrogens is 202 g/mol. The van der Waals surface area contributed by atoms with Crippen molar-refractivity contribution in [2.75, 3.05) is 12.4 Å². The Balaban J connectivity index is 2.23. The minimum absolute atomic E-state index is 1.02. The second kappa shape index (κ2) is 4.49. The molecule has 2 heteroatoms. The van der Waals surface area contributed by atoms with Gasteiger partial charge in [0.25, 0.3) is 0 Å². The Hall–Kier alpha value is -1.28. The molecule has 1 heterocycles. The van der Waals surface area contributed by atoms with Gasteiger partial charge in [-0.05, 0) is 30.7 Å². The minimum Gasteiger partial charge on any atom is -0.388 e. The summed E-state index contributed by atoms with van der Waals surface area (Å²) in [6.07, 6.45) is 1.02. The van der Waals surface area contributed by atoms with Crippen LogP contribution in [0.15, 0.2) is 36.4 Å². The predicted octanol–water partition coefficient (Wildman–Crippen LogP) is 3.69. The van der Waals surface area contributed by atoms with Gasteiger partial charge < -0.3 is 5.32 Å². The first kappa shape index (κ1) is 10.2. The zero-order valence-corrected chi connectivity index (χ0v) is 9.90. The quantitative estimate of drug-likeness (QED) is 0.826. The van der Waals surface area contributed by atoms with Crippen molar-refractivity contribution in [2.24, 2.45) is 0 Å². The lowest BCUT2D eigenvalue weighted by Crippen LogP contribution is -1.94. The van der Waals surface area contributed by atoms with E-state index in [1.807, 2.05) is 18.4 Å². The second-order valence-electron chi connectivity index (χ2n) is 3.60. The summed E-state index contributed by atoms with van der Waals surface area (Å²) in [5, 5.41) is 3.23. The number of anilines is 1. The highest BCUT2D eigenvalue weighted by Crippen LogP contribution is 2.23. The molecule has 0 saturated carbocycles. The van der Waals surface area contributed by atoms with Crippen LogP contribution in [0, 0.1) is 6.92 Å². The molecule has 0 aliphatic rings. The van der Waals surface area contributed by atoms with Gasteiger partial charge in [0, 0.05) is 28.9 Å². The Morgan fingerprint density at radius 3 is 2.60 bits per heavy atom. The molecule has 15 heavy (non-hydrogen) atoms. The van der Waals surface area contributed by atoms with E-state index in [1.165, 1.54) is 21.0 Å². The molecule has 1 aromatic heterocycles. The highest BCUT2D eigenvalue weighted by atomic mass is 32.1. The molecule has 0 unspecified atom stereocenters. The summed E-state index contributed by atoms with van der Waals surface area (Å²) in [7, 11) is 1.97. The number of para-hydroxylation sites is 1. The summed E-state index contributed by atoms with van der Waals surface area (Å²) in [6.45, 7) is 2.15. The summed E-state index contributed by atoms with van der Waals surface area (Å²) < 4.78 is 0. The minimum atomic E-state index is 1.02. The molecule has 0 aliphatic carbocycles. The molecule has 78 valence electrons. The van der Waals surface area contributed by atoms with Gasteiger partial charge in [0.05, 0.1) is 0 Å². The van der Waals surface area contributed by atoms with Gasteiger partial charge in [-0.1, -0.05) is 18.2 Å². The van der Waals surface area contributed by atoms with Crippen LogP contribution in [-0.2, 0) is 6.42 Å². The van der Waals surface area contributed by atoms with Crippen LogP contribution in [-0.4, -0.2) is 7.05 Å². The molecule has 0 spiro atoms. The van der Waals surface area contributed by atoms with E-state index >= 15 is 0 Å². The van der Waals surface area contributed by atoms with Gasteiger partial charge >= 0.3 is 0 Å². The van der Waals surface area contributed by atoms with Crippen LogP contribution in [0.5, 0.6) is 0 Å². The molecule has 1 aromatic carbocycles. The van der Waals surface area contributed by atoms with E-state index in [0.29, 0.717) is 0 Å². The topological polar surface area (TPSA) is 12.0 Å². The number of nitrogens with one attached hydrogen (secondary N) is 1. The molecule has 0 radical (unpaired) electrons. The SMILES string of the molecule is CNc1ccccc1Cc1ccc(C)s1. The van der Waals surface area contributed by atoms with E-state index in [4.69, 9.17) is 0 Å². The molecule has 2 aromatic rings. The Morgan fingerprint density at radius 2 is 1.93 bits per heavy atom. The zero-order chi connectivity index (χ0) is 10.7. The van der Waals surface area contributed by atoms with E-state index in [2.05, 4.69) is 48.6 Å². The average Bonchev–Trinajstić information content (AvgIpc) is 2.65. The first-order valence-corrected chi connectivity index (χ1v) is 5.92. The Bertz CT molecular complexity index is 445. The average molecular weight is 217 g/mol. The molecule has 1 nitrogen and oxygen atoms in total. The van der Waals surface area contributed by atoms with Gasteiger partial charge in [-0.2, -0.15) is 0 Å². The molecule has 0 aliphatic heterocycles. The molecular formula is C13H15NS. The molecule has 0 saturated heterocycles. The fourth-order valence-electron chi connectivity index (χ4n) is 1.69. The van der Waals surface area contributed by atoms with Gasteiger partial charge in [0.1, 0.15) is 0 Å². The van der Waals surface area contributed by atoms with Gasteiger partial charge in [-0.3, -0.25) is 0 Å². The molecule has 1 N–H and O–H groups in total. The lowest BCUT2D eigenvalue weighted by atomic mass is 10.1. The van der Waals surface area contributed by atoms with Crippen molar-refractivity contribution in [1.29, 1.82) is 0 Å². The molecule has 2 rings (SSSR count). The maximum absolute atomic E-state index is 3.23. The lowest BCUT2D eigenvalue weighted by Gasteiger charge is -2.07. The van der Waals surface area contributed by atoms with Crippen LogP contribution in [0.3, 0.4) is 0 Å². The van der Waals surface area contributed by atoms with Crippen molar-refractivity contribution in [3.05, 3.63) is 51.7 Å². The Kier molecular flexibility index (Phi) is 3.07. The third-order valence-corrected chi connectivity index (χ3v) is 3.45. The zero-order valence-electron chi connectivity index (χ0n) is 9.08. The summed E-state index contributed by atoms with van der Waals surface area (Å²) >= 11 is 1.87. The highest BCUT2D eigenvalue weighted by Gasteiger charge is 2.02. The fraction of sp³-hybridized carbons (Fsp3) is 0.231. The van der Waals surface area contributed by atoms with Crippen LogP contribution in [0.2, 0.25) is 0 Å². The Labute approximate surface area is 94.8 Å². The fourth-order valence-corrected chi connectivity index (χ4v) is 2.60. The van der Waals surface area contributed by atoms with Crippen molar-refractivity contribution < 1.29 is 0 Å². The third-order valence-electron chi connectivity index (χ3n) is 2.45. The van der Waals surface area contributed by atoms with Gasteiger partial charge in [-0.15, -0.1) is 11.3 Å². The number of rotatable bonds is 3. The Morgan fingerprint density at radius 1 is 1.13 bits per heavy atom. The van der Waals surface area contributed by atoms with E-state index in [1.54, 1.807) is 0 Å². The number of hydrogen-bond donors (Lipinski definition) is 1. The van der Waals surface area contributed by atoms with E-state index in [9.17, 15) is 0 Å². The van der Waals surface area contributed by atoms with Crippen molar-refractivity contribution in [2.45, 2.75) is 13.3 Å². The van der Waals surface area contributed by atoms with Crippen molar-refractivity contribution in [3.8, 4) is 0 Å². The normalized spacial score (nSPS) is 10.3. The number of hydrogen-bond acceptors (Lipinski definition) is 2.